The Kier molecular flexibility index (Phi) is 6.58. The SMILES string of the molecule is O=C(Oc1ccccc1)c1cc(OCc2ccccc2)cc(C(=O)Oc2ccccc2)c1. The fourth-order valence-electron chi connectivity index (χ4n) is 2.97. The Morgan fingerprint density at radius 3 is 1.44 bits per heavy atom. The molecule has 0 saturated carbocycles. The van der Waals surface area contributed by atoms with Crippen molar-refractivity contribution < 1.29 is 23.8 Å². The van der Waals surface area contributed by atoms with Gasteiger partial charge in [-0.2, -0.15) is 0 Å². The van der Waals surface area contributed by atoms with Crippen LogP contribution < -0.4 is 14.2 Å². The second kappa shape index (κ2) is 10.1. The third-order valence-corrected chi connectivity index (χ3v) is 4.53. The third-order valence-electron chi connectivity index (χ3n) is 4.53. The highest BCUT2D eigenvalue weighted by atomic mass is 16.5. The molecule has 5 heteroatoms. The molecule has 0 spiro atoms. The number of hydrogen-bond donors (Lipinski definition) is 0. The van der Waals surface area contributed by atoms with E-state index in [0.29, 0.717) is 17.2 Å². The van der Waals surface area contributed by atoms with Gasteiger partial charge >= 0.3 is 11.9 Å². The molecular formula is C27H20O5. The van der Waals surface area contributed by atoms with Gasteiger partial charge in [-0.05, 0) is 48.0 Å². The summed E-state index contributed by atoms with van der Waals surface area (Å²) in [6.07, 6.45) is 0. The first-order chi connectivity index (χ1) is 15.7. The van der Waals surface area contributed by atoms with E-state index < -0.39 is 11.9 Å². The van der Waals surface area contributed by atoms with Gasteiger partial charge in [0.05, 0.1) is 11.1 Å². The van der Waals surface area contributed by atoms with Crippen molar-refractivity contribution in [3.05, 3.63) is 126 Å². The monoisotopic (exact) mass is 424 g/mol. The molecule has 0 bridgehead atoms. The summed E-state index contributed by atoms with van der Waals surface area (Å²) in [5, 5.41) is 0. The number of esters is 2. The lowest BCUT2D eigenvalue weighted by atomic mass is 10.1. The van der Waals surface area contributed by atoms with Crippen molar-refractivity contribution in [2.75, 3.05) is 0 Å². The summed E-state index contributed by atoms with van der Waals surface area (Å²) in [6, 6.07) is 31.6. The van der Waals surface area contributed by atoms with Crippen LogP contribution >= 0.6 is 0 Å². The van der Waals surface area contributed by atoms with Crippen molar-refractivity contribution in [1.29, 1.82) is 0 Å². The number of carbonyl (C=O) groups excluding carboxylic acids is 2. The van der Waals surface area contributed by atoms with Crippen molar-refractivity contribution in [3.8, 4) is 17.2 Å². The minimum absolute atomic E-state index is 0.180. The molecule has 0 radical (unpaired) electrons. The van der Waals surface area contributed by atoms with Crippen LogP contribution in [0.1, 0.15) is 26.3 Å². The van der Waals surface area contributed by atoms with Gasteiger partial charge in [-0.25, -0.2) is 9.59 Å². The van der Waals surface area contributed by atoms with Gasteiger partial charge in [0.1, 0.15) is 23.9 Å². The molecule has 0 N–H and O–H groups in total. The van der Waals surface area contributed by atoms with Crippen LogP contribution in [0.25, 0.3) is 0 Å². The highest BCUT2D eigenvalue weighted by Gasteiger charge is 2.17. The number of ether oxygens (including phenoxy) is 3. The Hall–Kier alpha value is -4.38. The van der Waals surface area contributed by atoms with Gasteiger partial charge in [-0.3, -0.25) is 0 Å². The molecule has 5 nitrogen and oxygen atoms in total. The molecule has 0 aliphatic heterocycles. The summed E-state index contributed by atoms with van der Waals surface area (Å²) in [5.74, 6) is -0.0374. The van der Waals surface area contributed by atoms with E-state index in [1.54, 1.807) is 60.7 Å². The van der Waals surface area contributed by atoms with E-state index in [9.17, 15) is 9.59 Å². The average Bonchev–Trinajstić information content (AvgIpc) is 2.84. The fourth-order valence-corrected chi connectivity index (χ4v) is 2.97. The number of rotatable bonds is 7. The summed E-state index contributed by atoms with van der Waals surface area (Å²) < 4.78 is 16.7. The first-order valence-electron chi connectivity index (χ1n) is 10.0. The summed E-state index contributed by atoms with van der Waals surface area (Å²) >= 11 is 0. The molecule has 32 heavy (non-hydrogen) atoms. The van der Waals surface area contributed by atoms with Crippen LogP contribution in [0.15, 0.2) is 109 Å². The van der Waals surface area contributed by atoms with E-state index in [-0.39, 0.29) is 17.7 Å². The molecular weight excluding hydrogens is 404 g/mol. The molecule has 0 heterocycles. The zero-order valence-electron chi connectivity index (χ0n) is 17.1. The highest BCUT2D eigenvalue weighted by Crippen LogP contribution is 2.22. The number of carbonyl (C=O) groups is 2. The predicted octanol–water partition coefficient (Wildman–Crippen LogP) is 5.70. The fraction of sp³-hybridized carbons (Fsp3) is 0.0370. The number of para-hydroxylation sites is 2. The maximum Gasteiger partial charge on any atom is 0.343 e. The molecule has 4 aromatic carbocycles. The Bertz CT molecular complexity index is 1120. The second-order valence-corrected chi connectivity index (χ2v) is 6.93. The van der Waals surface area contributed by atoms with Crippen LogP contribution in [-0.2, 0) is 6.61 Å². The zero-order valence-corrected chi connectivity index (χ0v) is 17.1. The molecule has 0 saturated heterocycles. The summed E-state index contributed by atoms with van der Waals surface area (Å²) in [5.41, 5.74) is 1.32. The van der Waals surface area contributed by atoms with Gasteiger partial charge in [0, 0.05) is 0 Å². The van der Waals surface area contributed by atoms with Gasteiger partial charge in [-0.15, -0.1) is 0 Å². The van der Waals surface area contributed by atoms with Gasteiger partial charge in [0.2, 0.25) is 0 Å². The lowest BCUT2D eigenvalue weighted by Gasteiger charge is -2.11. The molecule has 4 aromatic rings. The standard InChI is InChI=1S/C27H20O5/c28-26(31-23-12-6-2-7-13-23)21-16-22(27(29)32-24-14-8-3-9-15-24)18-25(17-21)30-19-20-10-4-1-5-11-20/h1-18H,19H2. The third kappa shape index (κ3) is 5.61. The van der Waals surface area contributed by atoms with Gasteiger partial charge in [-0.1, -0.05) is 66.7 Å². The van der Waals surface area contributed by atoms with Gasteiger partial charge in [0.25, 0.3) is 0 Å². The maximum atomic E-state index is 12.7. The molecule has 158 valence electrons. The van der Waals surface area contributed by atoms with Crippen molar-refractivity contribution in [1.82, 2.24) is 0 Å². The van der Waals surface area contributed by atoms with Crippen LogP contribution in [0, 0.1) is 0 Å². The lowest BCUT2D eigenvalue weighted by molar-refractivity contribution is 0.0734. The Labute approximate surface area is 185 Å². The van der Waals surface area contributed by atoms with Crippen molar-refractivity contribution in [3.63, 3.8) is 0 Å². The van der Waals surface area contributed by atoms with Crippen LogP contribution in [0.5, 0.6) is 17.2 Å². The average molecular weight is 424 g/mol. The van der Waals surface area contributed by atoms with Crippen LogP contribution in [0.2, 0.25) is 0 Å². The molecule has 0 aromatic heterocycles. The largest absolute Gasteiger partial charge is 0.489 e. The van der Waals surface area contributed by atoms with E-state index in [2.05, 4.69) is 0 Å². The normalized spacial score (nSPS) is 10.2. The smallest absolute Gasteiger partial charge is 0.343 e. The van der Waals surface area contributed by atoms with E-state index in [1.165, 1.54) is 6.07 Å². The highest BCUT2D eigenvalue weighted by molar-refractivity contribution is 5.97. The van der Waals surface area contributed by atoms with Crippen LogP contribution in [0.4, 0.5) is 0 Å². The van der Waals surface area contributed by atoms with E-state index in [1.807, 2.05) is 42.5 Å². The molecule has 0 atom stereocenters. The minimum atomic E-state index is -0.602. The van der Waals surface area contributed by atoms with E-state index in [0.717, 1.165) is 5.56 Å². The van der Waals surface area contributed by atoms with Crippen LogP contribution in [0.3, 0.4) is 0 Å². The second-order valence-electron chi connectivity index (χ2n) is 6.93. The van der Waals surface area contributed by atoms with E-state index >= 15 is 0 Å². The Morgan fingerprint density at radius 1 is 0.531 bits per heavy atom. The predicted molar refractivity (Wildman–Crippen MR) is 120 cm³/mol. The van der Waals surface area contributed by atoms with Crippen LogP contribution in [-0.4, -0.2) is 11.9 Å². The summed E-state index contributed by atoms with van der Waals surface area (Å²) in [7, 11) is 0. The zero-order chi connectivity index (χ0) is 22.2. The lowest BCUT2D eigenvalue weighted by Crippen LogP contribution is -2.13. The number of benzene rings is 4. The maximum absolute atomic E-state index is 12.7. The molecule has 0 aliphatic carbocycles. The van der Waals surface area contributed by atoms with Gasteiger partial charge < -0.3 is 14.2 Å². The molecule has 4 rings (SSSR count). The summed E-state index contributed by atoms with van der Waals surface area (Å²) in [6.45, 7) is 0.283. The summed E-state index contributed by atoms with van der Waals surface area (Å²) in [4.78, 5) is 25.5. The topological polar surface area (TPSA) is 61.8 Å². The molecule has 0 fully saturated rings. The first kappa shape index (κ1) is 20.9. The van der Waals surface area contributed by atoms with Crippen molar-refractivity contribution in [2.45, 2.75) is 6.61 Å². The Balaban J connectivity index is 1.59. The molecule has 0 amide bonds. The molecule has 0 unspecified atom stereocenters. The minimum Gasteiger partial charge on any atom is -0.489 e. The molecule has 0 aliphatic rings. The number of hydrogen-bond acceptors (Lipinski definition) is 5. The van der Waals surface area contributed by atoms with Crippen molar-refractivity contribution >= 4 is 11.9 Å². The quantitative estimate of drug-likeness (QED) is 0.281. The van der Waals surface area contributed by atoms with Gasteiger partial charge in [0.15, 0.2) is 0 Å². The van der Waals surface area contributed by atoms with E-state index in [4.69, 9.17) is 14.2 Å². The van der Waals surface area contributed by atoms with Crippen molar-refractivity contribution in [2.24, 2.45) is 0 Å². The Morgan fingerprint density at radius 2 is 0.969 bits per heavy atom. The first-order valence-corrected chi connectivity index (χ1v) is 10.0.